The van der Waals surface area contributed by atoms with Crippen molar-refractivity contribution in [3.63, 3.8) is 0 Å². The highest BCUT2D eigenvalue weighted by atomic mass is 32.2. The summed E-state index contributed by atoms with van der Waals surface area (Å²) in [6, 6.07) is 13.3. The lowest BCUT2D eigenvalue weighted by Crippen LogP contribution is -2.52. The van der Waals surface area contributed by atoms with Crippen molar-refractivity contribution in [1.29, 1.82) is 0 Å². The summed E-state index contributed by atoms with van der Waals surface area (Å²) in [4.78, 5) is 13.6. The lowest BCUT2D eigenvalue weighted by Gasteiger charge is -2.42. The number of rotatable bonds is 10. The number of hydrogen-bond donors (Lipinski definition) is 1. The maximum absolute atomic E-state index is 13.6. The molecule has 0 aliphatic carbocycles. The summed E-state index contributed by atoms with van der Waals surface area (Å²) in [5, 5.41) is 3.15. The van der Waals surface area contributed by atoms with Crippen LogP contribution in [0.15, 0.2) is 48.5 Å². The molecule has 7 nitrogen and oxygen atoms in total. The molecule has 0 bridgehead atoms. The number of carbonyl (C=O) groups excluding carboxylic acids is 1. The van der Waals surface area contributed by atoms with Crippen LogP contribution in [-0.2, 0) is 14.8 Å². The van der Waals surface area contributed by atoms with Gasteiger partial charge in [-0.3, -0.25) is 9.10 Å². The van der Waals surface area contributed by atoms with Gasteiger partial charge in [-0.25, -0.2) is 8.42 Å². The smallest absolute Gasteiger partial charge is 0.244 e. The number of carbonyl (C=O) groups is 1. The summed E-state index contributed by atoms with van der Waals surface area (Å²) >= 11 is 0. The van der Waals surface area contributed by atoms with Gasteiger partial charge < -0.3 is 14.8 Å². The molecule has 1 heterocycles. The maximum Gasteiger partial charge on any atom is 0.244 e. The Morgan fingerprint density at radius 2 is 1.76 bits per heavy atom. The van der Waals surface area contributed by atoms with Gasteiger partial charge >= 0.3 is 0 Å². The Kier molecular flexibility index (Phi) is 8.13. The number of nitrogens with one attached hydrogen (secondary N) is 1. The van der Waals surface area contributed by atoms with Crippen LogP contribution in [0.3, 0.4) is 0 Å². The molecule has 1 aliphatic heterocycles. The van der Waals surface area contributed by atoms with Crippen molar-refractivity contribution in [2.75, 3.05) is 17.2 Å². The Balaban J connectivity index is 1.92. The first-order valence-electron chi connectivity index (χ1n) is 12.0. The van der Waals surface area contributed by atoms with Gasteiger partial charge in [-0.2, -0.15) is 0 Å². The SMILES string of the molecule is CCOc1ccc(N([C@H](CC)C(=O)N[C@H]2CC(CC)(CC)Oc3ccccc32)S(C)(=O)=O)cc1. The molecule has 2 aromatic rings. The molecule has 2 atom stereocenters. The van der Waals surface area contributed by atoms with Crippen molar-refractivity contribution >= 4 is 21.6 Å². The minimum absolute atomic E-state index is 0.270. The van der Waals surface area contributed by atoms with E-state index < -0.39 is 16.1 Å². The predicted octanol–water partition coefficient (Wildman–Crippen LogP) is 4.83. The van der Waals surface area contributed by atoms with Crippen molar-refractivity contribution in [3.05, 3.63) is 54.1 Å². The predicted molar refractivity (Wildman–Crippen MR) is 135 cm³/mol. The van der Waals surface area contributed by atoms with Crippen molar-refractivity contribution in [1.82, 2.24) is 5.32 Å². The second kappa shape index (κ2) is 10.7. The number of hydrogen-bond acceptors (Lipinski definition) is 5. The lowest BCUT2D eigenvalue weighted by atomic mass is 9.83. The number of ether oxygens (including phenoxy) is 2. The first-order valence-corrected chi connectivity index (χ1v) is 13.8. The standard InChI is InChI=1S/C26H36N2O5S/c1-6-23(28(34(5,30)31)19-14-16-20(17-15-19)32-9-4)25(29)27-22-18-26(7-2,8-3)33-24-13-11-10-12-21(22)24/h10-17,22-23H,6-9,18H2,1-5H3,(H,27,29)/t22-,23+/m0/s1. The van der Waals surface area contributed by atoms with Crippen LogP contribution < -0.4 is 19.1 Å². The maximum atomic E-state index is 13.6. The molecular weight excluding hydrogens is 452 g/mol. The Bertz CT molecular complexity index is 1080. The summed E-state index contributed by atoms with van der Waals surface area (Å²) in [5.74, 6) is 1.08. The number of amides is 1. The summed E-state index contributed by atoms with van der Waals surface area (Å²) in [6.07, 6.45) is 3.69. The zero-order valence-corrected chi connectivity index (χ0v) is 21.5. The quantitative estimate of drug-likeness (QED) is 0.518. The van der Waals surface area contributed by atoms with Gasteiger partial charge in [0.05, 0.1) is 24.6 Å². The Morgan fingerprint density at radius 3 is 2.32 bits per heavy atom. The normalized spacial score (nSPS) is 17.7. The van der Waals surface area contributed by atoms with Crippen LogP contribution in [0.4, 0.5) is 5.69 Å². The average molecular weight is 489 g/mol. The van der Waals surface area contributed by atoms with E-state index in [-0.39, 0.29) is 17.6 Å². The zero-order valence-electron chi connectivity index (χ0n) is 20.7. The second-order valence-electron chi connectivity index (χ2n) is 8.71. The molecule has 34 heavy (non-hydrogen) atoms. The molecule has 0 saturated carbocycles. The highest BCUT2D eigenvalue weighted by Crippen LogP contribution is 2.42. The summed E-state index contributed by atoms with van der Waals surface area (Å²) < 4.78 is 38.7. The van der Waals surface area contributed by atoms with Crippen molar-refractivity contribution in [3.8, 4) is 11.5 Å². The van der Waals surface area contributed by atoms with E-state index in [1.54, 1.807) is 24.3 Å². The minimum Gasteiger partial charge on any atom is -0.494 e. The van der Waals surface area contributed by atoms with E-state index in [1.165, 1.54) is 4.31 Å². The fourth-order valence-electron chi connectivity index (χ4n) is 4.61. The second-order valence-corrected chi connectivity index (χ2v) is 10.6. The molecular formula is C26H36N2O5S. The van der Waals surface area contributed by atoms with Crippen molar-refractivity contribution in [2.45, 2.75) is 71.1 Å². The van der Waals surface area contributed by atoms with E-state index in [1.807, 2.05) is 38.1 Å². The van der Waals surface area contributed by atoms with Gasteiger partial charge in [0.2, 0.25) is 15.9 Å². The highest BCUT2D eigenvalue weighted by Gasteiger charge is 2.40. The van der Waals surface area contributed by atoms with E-state index >= 15 is 0 Å². The van der Waals surface area contributed by atoms with Crippen LogP contribution in [0.25, 0.3) is 0 Å². The molecule has 0 aromatic heterocycles. The largest absolute Gasteiger partial charge is 0.494 e. The van der Waals surface area contributed by atoms with Gasteiger partial charge in [0.25, 0.3) is 0 Å². The average Bonchev–Trinajstić information content (AvgIpc) is 2.82. The van der Waals surface area contributed by atoms with Crippen LogP contribution in [0.5, 0.6) is 11.5 Å². The van der Waals surface area contributed by atoms with E-state index in [0.717, 1.165) is 30.4 Å². The summed E-state index contributed by atoms with van der Waals surface area (Å²) in [6.45, 7) is 8.38. The molecule has 0 saturated heterocycles. The summed E-state index contributed by atoms with van der Waals surface area (Å²) in [7, 11) is -3.73. The zero-order chi connectivity index (χ0) is 24.9. The van der Waals surface area contributed by atoms with Crippen molar-refractivity contribution < 1.29 is 22.7 Å². The minimum atomic E-state index is -3.73. The molecule has 186 valence electrons. The van der Waals surface area contributed by atoms with Gasteiger partial charge in [0.15, 0.2) is 0 Å². The van der Waals surface area contributed by atoms with E-state index in [0.29, 0.717) is 30.9 Å². The molecule has 0 spiro atoms. The summed E-state index contributed by atoms with van der Waals surface area (Å²) in [5.41, 5.74) is 0.964. The van der Waals surface area contributed by atoms with Crippen LogP contribution in [0.2, 0.25) is 0 Å². The molecule has 1 N–H and O–H groups in total. The molecule has 1 aliphatic rings. The van der Waals surface area contributed by atoms with Gasteiger partial charge in [-0.1, -0.05) is 39.0 Å². The van der Waals surface area contributed by atoms with Crippen LogP contribution >= 0.6 is 0 Å². The molecule has 0 unspecified atom stereocenters. The first-order chi connectivity index (χ1) is 16.2. The lowest BCUT2D eigenvalue weighted by molar-refractivity contribution is -0.123. The number of benzene rings is 2. The number of para-hydroxylation sites is 1. The molecule has 8 heteroatoms. The van der Waals surface area contributed by atoms with Gasteiger partial charge in [0.1, 0.15) is 23.1 Å². The van der Waals surface area contributed by atoms with Gasteiger partial charge in [0, 0.05) is 12.0 Å². The molecule has 0 fully saturated rings. The topological polar surface area (TPSA) is 84.9 Å². The molecule has 0 radical (unpaired) electrons. The fraction of sp³-hybridized carbons (Fsp3) is 0.500. The number of sulfonamides is 1. The van der Waals surface area contributed by atoms with E-state index in [2.05, 4.69) is 19.2 Å². The molecule has 3 rings (SSSR count). The molecule has 2 aromatic carbocycles. The first kappa shape index (κ1) is 25.9. The van der Waals surface area contributed by atoms with Crippen LogP contribution in [0.1, 0.15) is 65.0 Å². The molecule has 1 amide bonds. The van der Waals surface area contributed by atoms with Crippen LogP contribution in [0, 0.1) is 0 Å². The Labute approximate surface area is 203 Å². The third-order valence-corrected chi connectivity index (χ3v) is 7.71. The van der Waals surface area contributed by atoms with Crippen molar-refractivity contribution in [2.24, 2.45) is 0 Å². The Hall–Kier alpha value is -2.74. The van der Waals surface area contributed by atoms with Gasteiger partial charge in [-0.15, -0.1) is 0 Å². The number of anilines is 1. The highest BCUT2D eigenvalue weighted by molar-refractivity contribution is 7.92. The third kappa shape index (κ3) is 5.49. The number of fused-ring (bicyclic) bond motifs is 1. The Morgan fingerprint density at radius 1 is 1.12 bits per heavy atom. The monoisotopic (exact) mass is 488 g/mol. The van der Waals surface area contributed by atoms with Crippen LogP contribution in [-0.4, -0.2) is 38.8 Å². The third-order valence-electron chi connectivity index (χ3n) is 6.53. The van der Waals surface area contributed by atoms with E-state index in [9.17, 15) is 13.2 Å². The fourth-order valence-corrected chi connectivity index (χ4v) is 5.83. The number of nitrogens with zero attached hydrogens (tertiary/aromatic N) is 1. The van der Waals surface area contributed by atoms with Gasteiger partial charge in [-0.05, 0) is 56.5 Å². The van der Waals surface area contributed by atoms with E-state index in [4.69, 9.17) is 9.47 Å².